The predicted molar refractivity (Wildman–Crippen MR) is 80.0 cm³/mol. The number of hydrogen-bond donors (Lipinski definition) is 3. The molecule has 1 aromatic heterocycles. The summed E-state index contributed by atoms with van der Waals surface area (Å²) in [7, 11) is -3.72. The molecule has 21 heavy (non-hydrogen) atoms. The van der Waals surface area contributed by atoms with Crippen LogP contribution in [0.2, 0.25) is 5.02 Å². The number of hydrogen-bond acceptors (Lipinski definition) is 5. The Morgan fingerprint density at radius 2 is 2.05 bits per heavy atom. The van der Waals surface area contributed by atoms with Crippen LogP contribution in [-0.4, -0.2) is 19.4 Å². The fraction of sp³-hybridized carbons (Fsp3) is 0.0833. The Labute approximate surface area is 130 Å². The number of carbonyl (C=O) groups excluding carboxylic acids is 1. The summed E-state index contributed by atoms with van der Waals surface area (Å²) in [6.07, 6.45) is 0. The first-order valence-electron chi connectivity index (χ1n) is 5.65. The van der Waals surface area contributed by atoms with Gasteiger partial charge in [-0.25, -0.2) is 13.6 Å². The second-order valence-electron chi connectivity index (χ2n) is 4.11. The number of benzene rings is 1. The molecule has 1 amide bonds. The van der Waals surface area contributed by atoms with E-state index in [2.05, 4.69) is 5.32 Å². The molecule has 0 fully saturated rings. The molecular formula is C12H11ClN2O4S2. The monoisotopic (exact) mass is 346 g/mol. The third-order valence-corrected chi connectivity index (χ3v) is 5.38. The molecule has 1 aromatic carbocycles. The summed E-state index contributed by atoms with van der Waals surface area (Å²) in [5.41, 5.74) is 0.293. The number of aromatic hydroxyl groups is 1. The molecule has 0 aliphatic heterocycles. The van der Waals surface area contributed by atoms with Crippen LogP contribution in [0.4, 0.5) is 0 Å². The Morgan fingerprint density at radius 3 is 2.62 bits per heavy atom. The van der Waals surface area contributed by atoms with E-state index in [9.17, 15) is 18.3 Å². The van der Waals surface area contributed by atoms with Crippen LogP contribution < -0.4 is 10.5 Å². The third kappa shape index (κ3) is 3.94. The maximum atomic E-state index is 11.9. The molecule has 0 spiro atoms. The fourth-order valence-corrected chi connectivity index (χ4v) is 3.42. The van der Waals surface area contributed by atoms with Crippen LogP contribution in [0.5, 0.6) is 5.75 Å². The number of rotatable bonds is 4. The highest BCUT2D eigenvalue weighted by Crippen LogP contribution is 2.24. The number of nitrogens with one attached hydrogen (secondary N) is 1. The molecule has 9 heteroatoms. The minimum atomic E-state index is -3.72. The van der Waals surface area contributed by atoms with Gasteiger partial charge >= 0.3 is 0 Å². The molecule has 0 bridgehead atoms. The highest BCUT2D eigenvalue weighted by Gasteiger charge is 2.12. The molecule has 4 N–H and O–H groups in total. The molecule has 2 rings (SSSR count). The topological polar surface area (TPSA) is 109 Å². The van der Waals surface area contributed by atoms with E-state index in [1.165, 1.54) is 24.3 Å². The summed E-state index contributed by atoms with van der Waals surface area (Å²) in [4.78, 5) is 12.5. The zero-order chi connectivity index (χ0) is 15.6. The summed E-state index contributed by atoms with van der Waals surface area (Å²) in [5.74, 6) is -0.494. The van der Waals surface area contributed by atoms with E-state index < -0.39 is 10.0 Å². The van der Waals surface area contributed by atoms with E-state index >= 15 is 0 Å². The summed E-state index contributed by atoms with van der Waals surface area (Å²) in [6.45, 7) is 0.164. The Balaban J connectivity index is 2.04. The molecule has 112 valence electrons. The minimum absolute atomic E-state index is 0.0411. The van der Waals surface area contributed by atoms with Crippen molar-refractivity contribution in [3.8, 4) is 5.75 Å². The standard InChI is InChI=1S/C12H11ClN2O4S2/c13-9-5-7(1-3-10(9)16)12(17)15-6-8-2-4-11(20-8)21(14,18)19/h1-5,16H,6H2,(H,15,17)(H2,14,18,19). The maximum absolute atomic E-state index is 11.9. The second kappa shape index (κ2) is 6.02. The maximum Gasteiger partial charge on any atom is 0.251 e. The summed E-state index contributed by atoms with van der Waals surface area (Å²) in [6, 6.07) is 7.06. The van der Waals surface area contributed by atoms with Gasteiger partial charge in [0.15, 0.2) is 0 Å². The van der Waals surface area contributed by atoms with Crippen LogP contribution in [0.3, 0.4) is 0 Å². The number of sulfonamides is 1. The van der Waals surface area contributed by atoms with Gasteiger partial charge in [0.2, 0.25) is 10.0 Å². The van der Waals surface area contributed by atoms with Gasteiger partial charge in [0.05, 0.1) is 11.6 Å². The van der Waals surface area contributed by atoms with Gasteiger partial charge in [-0.2, -0.15) is 0 Å². The van der Waals surface area contributed by atoms with Crippen LogP contribution in [0.15, 0.2) is 34.5 Å². The third-order valence-electron chi connectivity index (χ3n) is 2.55. The van der Waals surface area contributed by atoms with Crippen molar-refractivity contribution in [2.45, 2.75) is 10.8 Å². The molecule has 0 saturated carbocycles. The molecular weight excluding hydrogens is 336 g/mol. The van der Waals surface area contributed by atoms with Crippen molar-refractivity contribution in [2.24, 2.45) is 5.14 Å². The van der Waals surface area contributed by atoms with Crippen LogP contribution in [-0.2, 0) is 16.6 Å². The van der Waals surface area contributed by atoms with Crippen molar-refractivity contribution in [3.05, 3.63) is 45.8 Å². The molecule has 2 aromatic rings. The van der Waals surface area contributed by atoms with Crippen molar-refractivity contribution in [1.82, 2.24) is 5.32 Å². The molecule has 0 aliphatic rings. The lowest BCUT2D eigenvalue weighted by Gasteiger charge is -2.05. The highest BCUT2D eigenvalue weighted by molar-refractivity contribution is 7.91. The van der Waals surface area contributed by atoms with E-state index in [0.717, 1.165) is 11.3 Å². The number of amides is 1. The van der Waals surface area contributed by atoms with E-state index in [0.29, 0.717) is 10.4 Å². The largest absolute Gasteiger partial charge is 0.506 e. The lowest BCUT2D eigenvalue weighted by molar-refractivity contribution is 0.0951. The number of phenols is 1. The first kappa shape index (κ1) is 15.8. The van der Waals surface area contributed by atoms with Crippen LogP contribution in [0.25, 0.3) is 0 Å². The lowest BCUT2D eigenvalue weighted by Crippen LogP contribution is -2.22. The molecule has 0 aliphatic carbocycles. The first-order chi connectivity index (χ1) is 9.77. The van der Waals surface area contributed by atoms with Crippen LogP contribution in [0.1, 0.15) is 15.2 Å². The van der Waals surface area contributed by atoms with Crippen molar-refractivity contribution in [2.75, 3.05) is 0 Å². The van der Waals surface area contributed by atoms with Gasteiger partial charge in [-0.1, -0.05) is 11.6 Å². The van der Waals surface area contributed by atoms with Crippen molar-refractivity contribution < 1.29 is 18.3 Å². The average Bonchev–Trinajstić information content (AvgIpc) is 2.88. The van der Waals surface area contributed by atoms with Gasteiger partial charge < -0.3 is 10.4 Å². The summed E-state index contributed by atoms with van der Waals surface area (Å²) in [5, 5.41) is 17.0. The van der Waals surface area contributed by atoms with Gasteiger partial charge in [-0.05, 0) is 30.3 Å². The van der Waals surface area contributed by atoms with Crippen molar-refractivity contribution in [3.63, 3.8) is 0 Å². The Morgan fingerprint density at radius 1 is 1.33 bits per heavy atom. The zero-order valence-corrected chi connectivity index (χ0v) is 12.9. The van der Waals surface area contributed by atoms with Crippen molar-refractivity contribution in [1.29, 1.82) is 0 Å². The Bertz CT molecular complexity index is 786. The van der Waals surface area contributed by atoms with E-state index in [-0.39, 0.29) is 27.4 Å². The number of phenolic OH excluding ortho intramolecular Hbond substituents is 1. The van der Waals surface area contributed by atoms with Crippen LogP contribution in [0, 0.1) is 0 Å². The molecule has 0 unspecified atom stereocenters. The quantitative estimate of drug-likeness (QED) is 0.782. The molecule has 0 atom stereocenters. The summed E-state index contributed by atoms with van der Waals surface area (Å²) < 4.78 is 22.3. The highest BCUT2D eigenvalue weighted by atomic mass is 35.5. The average molecular weight is 347 g/mol. The molecule has 6 nitrogen and oxygen atoms in total. The number of thiophene rings is 1. The first-order valence-corrected chi connectivity index (χ1v) is 8.39. The Kier molecular flexibility index (Phi) is 4.52. The second-order valence-corrected chi connectivity index (χ2v) is 7.48. The van der Waals surface area contributed by atoms with Gasteiger partial charge in [0.25, 0.3) is 5.91 Å². The van der Waals surface area contributed by atoms with Crippen LogP contribution >= 0.6 is 22.9 Å². The number of primary sulfonamides is 1. The van der Waals surface area contributed by atoms with E-state index in [1.54, 1.807) is 6.07 Å². The number of halogens is 1. The number of carbonyl (C=O) groups is 1. The normalized spacial score (nSPS) is 11.3. The van der Waals surface area contributed by atoms with Gasteiger partial charge in [-0.3, -0.25) is 4.79 Å². The fourth-order valence-electron chi connectivity index (χ4n) is 1.52. The summed E-state index contributed by atoms with van der Waals surface area (Å²) >= 11 is 6.71. The van der Waals surface area contributed by atoms with E-state index in [4.69, 9.17) is 16.7 Å². The Hall–Kier alpha value is -1.61. The molecule has 0 saturated heterocycles. The zero-order valence-electron chi connectivity index (χ0n) is 10.5. The predicted octanol–water partition coefficient (Wildman–Crippen LogP) is 1.68. The van der Waals surface area contributed by atoms with Gasteiger partial charge in [-0.15, -0.1) is 11.3 Å². The minimum Gasteiger partial charge on any atom is -0.506 e. The lowest BCUT2D eigenvalue weighted by atomic mass is 10.2. The smallest absolute Gasteiger partial charge is 0.251 e. The van der Waals surface area contributed by atoms with E-state index in [1.807, 2.05) is 0 Å². The molecule has 0 radical (unpaired) electrons. The number of nitrogens with two attached hydrogens (primary N) is 1. The SMILES string of the molecule is NS(=O)(=O)c1ccc(CNC(=O)c2ccc(O)c(Cl)c2)s1. The molecule has 1 heterocycles. The van der Waals surface area contributed by atoms with Gasteiger partial charge in [0, 0.05) is 10.4 Å². The van der Waals surface area contributed by atoms with Crippen molar-refractivity contribution >= 4 is 38.9 Å². The van der Waals surface area contributed by atoms with Gasteiger partial charge in [0.1, 0.15) is 9.96 Å².